The lowest BCUT2D eigenvalue weighted by Crippen LogP contribution is -2.59. The van der Waals surface area contributed by atoms with Crippen molar-refractivity contribution in [2.75, 3.05) is 66.6 Å². The molecule has 2 amide bonds. The van der Waals surface area contributed by atoms with Gasteiger partial charge in [-0.25, -0.2) is 14.4 Å². The predicted molar refractivity (Wildman–Crippen MR) is 242 cm³/mol. The lowest BCUT2D eigenvalue weighted by Gasteiger charge is -2.40. The first-order chi connectivity index (χ1) is 30.0. The van der Waals surface area contributed by atoms with Crippen LogP contribution in [-0.2, 0) is 28.6 Å². The first-order valence-electron chi connectivity index (χ1n) is 21.1. The molecule has 326 valence electrons. The third-order valence-corrected chi connectivity index (χ3v) is 9.92. The van der Waals surface area contributed by atoms with Gasteiger partial charge in [-0.3, -0.25) is 19.5 Å². The quantitative estimate of drug-likeness (QED) is 0.114. The normalized spacial score (nSPS) is 16.3. The van der Waals surface area contributed by atoms with E-state index in [0.717, 1.165) is 22.3 Å². The van der Waals surface area contributed by atoms with Crippen LogP contribution in [-0.4, -0.2) is 128 Å². The SMILES string of the molecule is CC.COC(=O)[C@@H]1CN(CC#Cc2ccccc2)CCN1C(=O)C(c1ccccc1)c1ccccc1.COC(=O)[C@@H]1CN(CC#Cc2ccccc2)CCN1C(=O)OC(C)(C)C. The Labute approximate surface area is 367 Å². The van der Waals surface area contributed by atoms with E-state index in [2.05, 4.69) is 28.6 Å². The van der Waals surface area contributed by atoms with Gasteiger partial charge in [-0.15, -0.1) is 0 Å². The number of ether oxygens (including phenoxy) is 3. The number of amides is 2. The number of carbonyl (C=O) groups is 4. The van der Waals surface area contributed by atoms with Crippen molar-refractivity contribution in [1.29, 1.82) is 0 Å². The van der Waals surface area contributed by atoms with Gasteiger partial charge in [-0.05, 0) is 56.2 Å². The van der Waals surface area contributed by atoms with Gasteiger partial charge in [0.25, 0.3) is 0 Å². The van der Waals surface area contributed by atoms with E-state index in [1.165, 1.54) is 19.1 Å². The van der Waals surface area contributed by atoms with Crippen molar-refractivity contribution >= 4 is 23.9 Å². The first kappa shape index (κ1) is 48.3. The Hall–Kier alpha value is -6.40. The Morgan fingerprint density at radius 1 is 0.581 bits per heavy atom. The van der Waals surface area contributed by atoms with Crippen LogP contribution in [0.2, 0.25) is 0 Å². The van der Waals surface area contributed by atoms with Crippen molar-refractivity contribution in [2.45, 2.75) is 58.2 Å². The monoisotopic (exact) mass is 840 g/mol. The second-order valence-corrected chi connectivity index (χ2v) is 15.3. The molecule has 2 fully saturated rings. The number of hydrogen-bond acceptors (Lipinski definition) is 9. The summed E-state index contributed by atoms with van der Waals surface area (Å²) in [5.41, 5.74) is 3.09. The second kappa shape index (κ2) is 24.8. The molecule has 2 heterocycles. The smallest absolute Gasteiger partial charge is 0.411 e. The van der Waals surface area contributed by atoms with Crippen LogP contribution in [0.5, 0.6) is 0 Å². The van der Waals surface area contributed by atoms with Gasteiger partial charge >= 0.3 is 18.0 Å². The van der Waals surface area contributed by atoms with Crippen molar-refractivity contribution in [1.82, 2.24) is 19.6 Å². The molecule has 0 N–H and O–H groups in total. The van der Waals surface area contributed by atoms with Crippen LogP contribution in [0, 0.1) is 23.7 Å². The highest BCUT2D eigenvalue weighted by molar-refractivity contribution is 5.91. The summed E-state index contributed by atoms with van der Waals surface area (Å²) in [4.78, 5) is 58.5. The van der Waals surface area contributed by atoms with E-state index in [4.69, 9.17) is 14.2 Å². The molecule has 2 aliphatic heterocycles. The summed E-state index contributed by atoms with van der Waals surface area (Å²) in [5, 5.41) is 0. The fourth-order valence-corrected chi connectivity index (χ4v) is 6.93. The van der Waals surface area contributed by atoms with Gasteiger partial charge in [-0.1, -0.05) is 135 Å². The van der Waals surface area contributed by atoms with E-state index in [0.29, 0.717) is 52.4 Å². The molecule has 0 aromatic heterocycles. The molecule has 0 saturated carbocycles. The highest BCUT2D eigenvalue weighted by atomic mass is 16.6. The number of nitrogens with zero attached hydrogens (tertiary/aromatic N) is 4. The molecule has 4 aromatic carbocycles. The van der Waals surface area contributed by atoms with Gasteiger partial charge in [0, 0.05) is 50.4 Å². The minimum atomic E-state index is -0.692. The zero-order valence-electron chi connectivity index (χ0n) is 37.1. The van der Waals surface area contributed by atoms with E-state index in [1.807, 2.05) is 140 Å². The van der Waals surface area contributed by atoms with Gasteiger partial charge in [-0.2, -0.15) is 0 Å². The van der Waals surface area contributed by atoms with E-state index < -0.39 is 41.6 Å². The van der Waals surface area contributed by atoms with Crippen molar-refractivity contribution in [3.8, 4) is 23.7 Å². The molecule has 2 aliphatic rings. The minimum absolute atomic E-state index is 0.0946. The van der Waals surface area contributed by atoms with E-state index in [-0.39, 0.29) is 5.91 Å². The average molecular weight is 841 g/mol. The second-order valence-electron chi connectivity index (χ2n) is 15.3. The summed E-state index contributed by atoms with van der Waals surface area (Å²) >= 11 is 0. The molecule has 4 aromatic rings. The zero-order chi connectivity index (χ0) is 44.9. The van der Waals surface area contributed by atoms with Gasteiger partial charge in [0.1, 0.15) is 17.7 Å². The highest BCUT2D eigenvalue weighted by Crippen LogP contribution is 2.29. The van der Waals surface area contributed by atoms with Gasteiger partial charge in [0.2, 0.25) is 5.91 Å². The lowest BCUT2D eigenvalue weighted by atomic mass is 9.89. The molecule has 0 bridgehead atoms. The Bertz CT molecular complexity index is 2100. The molecule has 2 saturated heterocycles. The topological polar surface area (TPSA) is 109 Å². The number of rotatable bonds is 7. The van der Waals surface area contributed by atoms with Crippen LogP contribution in [0.4, 0.5) is 4.79 Å². The largest absolute Gasteiger partial charge is 0.467 e. The van der Waals surface area contributed by atoms with Crippen LogP contribution < -0.4 is 0 Å². The van der Waals surface area contributed by atoms with Crippen molar-refractivity contribution < 1.29 is 33.4 Å². The Kier molecular flexibility index (Phi) is 19.3. The van der Waals surface area contributed by atoms with Crippen LogP contribution in [0.15, 0.2) is 121 Å². The van der Waals surface area contributed by atoms with E-state index in [1.54, 1.807) is 25.7 Å². The zero-order valence-corrected chi connectivity index (χ0v) is 37.1. The molecule has 2 atom stereocenters. The highest BCUT2D eigenvalue weighted by Gasteiger charge is 2.40. The van der Waals surface area contributed by atoms with Crippen LogP contribution in [0.25, 0.3) is 0 Å². The number of hydrogen-bond donors (Lipinski definition) is 0. The average Bonchev–Trinajstić information content (AvgIpc) is 3.30. The molecule has 6 rings (SSSR count). The number of esters is 2. The van der Waals surface area contributed by atoms with E-state index >= 15 is 0 Å². The fourth-order valence-electron chi connectivity index (χ4n) is 6.93. The Morgan fingerprint density at radius 2 is 0.952 bits per heavy atom. The van der Waals surface area contributed by atoms with Crippen molar-refractivity contribution in [2.24, 2.45) is 0 Å². The standard InChI is InChI=1S/C29H28N2O3.C20H26N2O4.C2H6/c1-34-29(33)26-22-30(19-11-14-23-12-5-2-6-13-23)20-21-31(26)28(32)27(24-15-7-3-8-16-24)25-17-9-4-10-18-25;1-20(2,3)26-19(24)22-14-13-21(15-17(22)18(23)25-4)12-8-11-16-9-6-5-7-10-16;1-2/h2-10,12-13,15-18,26-27H,19-22H2,1H3;5-7,9-10,17H,12-15H2,1-4H3;1-2H3/t26-;17-;/m00./s1. The Balaban J connectivity index is 0.000000271. The van der Waals surface area contributed by atoms with Crippen LogP contribution >= 0.6 is 0 Å². The summed E-state index contributed by atoms with van der Waals surface area (Å²) in [6.45, 7) is 13.3. The minimum Gasteiger partial charge on any atom is -0.467 e. The van der Waals surface area contributed by atoms with Gasteiger partial charge < -0.3 is 19.1 Å². The van der Waals surface area contributed by atoms with Crippen molar-refractivity contribution in [3.05, 3.63) is 144 Å². The third-order valence-electron chi connectivity index (χ3n) is 9.92. The molecule has 0 unspecified atom stereocenters. The summed E-state index contributed by atoms with van der Waals surface area (Å²) < 4.78 is 15.4. The summed E-state index contributed by atoms with van der Waals surface area (Å²) in [6.07, 6.45) is -0.497. The molecular weight excluding hydrogens is 781 g/mol. The van der Waals surface area contributed by atoms with E-state index in [9.17, 15) is 19.2 Å². The van der Waals surface area contributed by atoms with Crippen LogP contribution in [0.3, 0.4) is 0 Å². The molecule has 62 heavy (non-hydrogen) atoms. The van der Waals surface area contributed by atoms with Crippen molar-refractivity contribution in [3.63, 3.8) is 0 Å². The fraction of sp³-hybridized carbons (Fsp3) is 0.373. The number of carbonyl (C=O) groups excluding carboxylic acids is 4. The maximum Gasteiger partial charge on any atom is 0.411 e. The number of benzene rings is 4. The Morgan fingerprint density at radius 3 is 1.34 bits per heavy atom. The van der Waals surface area contributed by atoms with Gasteiger partial charge in [0.15, 0.2) is 0 Å². The lowest BCUT2D eigenvalue weighted by molar-refractivity contribution is -0.156. The summed E-state index contributed by atoms with van der Waals surface area (Å²) in [6, 6.07) is 37.6. The summed E-state index contributed by atoms with van der Waals surface area (Å²) in [7, 11) is 2.69. The maximum absolute atomic E-state index is 13.9. The predicted octanol–water partition coefficient (Wildman–Crippen LogP) is 6.71. The molecule has 0 radical (unpaired) electrons. The first-order valence-corrected chi connectivity index (χ1v) is 21.1. The molecule has 0 spiro atoms. The number of methoxy groups -OCH3 is 2. The maximum atomic E-state index is 13.9. The summed E-state index contributed by atoms with van der Waals surface area (Å²) in [5.74, 6) is 11.1. The number of piperazine rings is 2. The molecule has 11 nitrogen and oxygen atoms in total. The third kappa shape index (κ3) is 14.7. The molecule has 0 aliphatic carbocycles. The molecular formula is C51H60N4O7. The van der Waals surface area contributed by atoms with Gasteiger partial charge in [0.05, 0.1) is 33.2 Å². The molecule has 11 heteroatoms. The van der Waals surface area contributed by atoms with Crippen LogP contribution in [0.1, 0.15) is 62.8 Å².